The number of urea groups is 1. The van der Waals surface area contributed by atoms with Gasteiger partial charge in [0.15, 0.2) is 0 Å². The molecule has 0 unspecified atom stereocenters. The van der Waals surface area contributed by atoms with Gasteiger partial charge in [-0.1, -0.05) is 41.9 Å². The van der Waals surface area contributed by atoms with E-state index in [-0.39, 0.29) is 0 Å². The van der Waals surface area contributed by atoms with Crippen LogP contribution in [0.15, 0.2) is 72.8 Å². The molecule has 4 aromatic rings. The van der Waals surface area contributed by atoms with Crippen molar-refractivity contribution in [2.45, 2.75) is 0 Å². The van der Waals surface area contributed by atoms with Crippen LogP contribution in [0.5, 0.6) is 0 Å². The van der Waals surface area contributed by atoms with Crippen LogP contribution < -0.4 is 10.6 Å². The summed E-state index contributed by atoms with van der Waals surface area (Å²) in [6, 6.07) is 21.2. The molecule has 0 aliphatic heterocycles. The number of hydrogen-bond donors (Lipinski definition) is 3. The topological polar surface area (TPSA) is 83.2 Å². The number of carbonyl (C=O) groups excluding carboxylic acids is 2. The number of para-hydroxylation sites is 1. The number of rotatable bonds is 4. The van der Waals surface area contributed by atoms with Gasteiger partial charge in [0.2, 0.25) is 0 Å². The number of benzene rings is 3. The summed E-state index contributed by atoms with van der Waals surface area (Å²) in [5.74, 6) is -0.433. The first kappa shape index (κ1) is 19.5. The van der Waals surface area contributed by atoms with Gasteiger partial charge in [-0.05, 0) is 42.5 Å². The second-order valence-electron chi connectivity index (χ2n) is 6.58. The van der Waals surface area contributed by atoms with E-state index in [2.05, 4.69) is 20.4 Å². The molecule has 0 saturated heterocycles. The maximum Gasteiger partial charge on any atom is 0.337 e. The van der Waals surface area contributed by atoms with Crippen molar-refractivity contribution in [2.24, 2.45) is 0 Å². The quantitative estimate of drug-likeness (QED) is 0.359. The van der Waals surface area contributed by atoms with E-state index >= 15 is 0 Å². The van der Waals surface area contributed by atoms with Gasteiger partial charge in [-0.2, -0.15) is 0 Å². The highest BCUT2D eigenvalue weighted by Gasteiger charge is 2.16. The Balaban J connectivity index is 1.61. The number of hydrogen-bond acceptors (Lipinski definition) is 3. The summed E-state index contributed by atoms with van der Waals surface area (Å²) >= 11 is 6.01. The number of carbonyl (C=O) groups is 2. The van der Waals surface area contributed by atoms with Crippen molar-refractivity contribution in [2.75, 3.05) is 17.7 Å². The van der Waals surface area contributed by atoms with Crippen LogP contribution in [0.3, 0.4) is 0 Å². The smallest absolute Gasteiger partial charge is 0.337 e. The number of fused-ring (bicyclic) bond motifs is 1. The van der Waals surface area contributed by atoms with Crippen LogP contribution in [0.1, 0.15) is 10.4 Å². The molecule has 0 spiro atoms. The third-order valence-electron chi connectivity index (χ3n) is 4.64. The molecule has 0 bridgehead atoms. The van der Waals surface area contributed by atoms with E-state index in [1.165, 1.54) is 7.11 Å². The van der Waals surface area contributed by atoms with Crippen molar-refractivity contribution in [3.05, 3.63) is 83.4 Å². The number of anilines is 2. The highest BCUT2D eigenvalue weighted by Crippen LogP contribution is 2.35. The molecule has 0 aliphatic carbocycles. The lowest BCUT2D eigenvalue weighted by molar-refractivity contribution is 0.0600. The van der Waals surface area contributed by atoms with Crippen LogP contribution >= 0.6 is 11.6 Å². The lowest BCUT2D eigenvalue weighted by atomic mass is 10.1. The first-order valence-electron chi connectivity index (χ1n) is 9.18. The molecule has 2 amide bonds. The fourth-order valence-electron chi connectivity index (χ4n) is 3.19. The van der Waals surface area contributed by atoms with Gasteiger partial charge in [0.1, 0.15) is 0 Å². The van der Waals surface area contributed by atoms with E-state index in [0.29, 0.717) is 22.0 Å². The van der Waals surface area contributed by atoms with Crippen LogP contribution in [0.2, 0.25) is 5.02 Å². The number of aromatic amines is 1. The summed E-state index contributed by atoms with van der Waals surface area (Å²) in [7, 11) is 1.32. The monoisotopic (exact) mass is 419 g/mol. The Morgan fingerprint density at radius 2 is 1.60 bits per heavy atom. The average molecular weight is 420 g/mol. The zero-order valence-electron chi connectivity index (χ0n) is 16.0. The first-order valence-corrected chi connectivity index (χ1v) is 9.56. The van der Waals surface area contributed by atoms with Gasteiger partial charge in [-0.25, -0.2) is 9.59 Å². The third-order valence-corrected chi connectivity index (χ3v) is 4.89. The number of ether oxygens (including phenoxy) is 1. The Bertz CT molecular complexity index is 1210. The van der Waals surface area contributed by atoms with E-state index < -0.39 is 12.0 Å². The number of nitrogens with one attached hydrogen (secondary N) is 3. The Hall–Kier alpha value is -3.77. The molecule has 0 atom stereocenters. The van der Waals surface area contributed by atoms with Crippen molar-refractivity contribution in [1.29, 1.82) is 0 Å². The second kappa shape index (κ2) is 8.31. The standard InChI is InChI=1S/C23H18ClN3O3/c1-30-22(28)15-8-12-17(13-9-15)25-23(29)27-21-18-4-2-3-5-19(18)26-20(21)14-6-10-16(24)11-7-14/h2-13,26H,1H3,(H2,25,27,29). The summed E-state index contributed by atoms with van der Waals surface area (Å²) in [6.45, 7) is 0. The van der Waals surface area contributed by atoms with Gasteiger partial charge in [-0.3, -0.25) is 0 Å². The van der Waals surface area contributed by atoms with Gasteiger partial charge >= 0.3 is 12.0 Å². The highest BCUT2D eigenvalue weighted by atomic mass is 35.5. The van der Waals surface area contributed by atoms with Gasteiger partial charge in [-0.15, -0.1) is 0 Å². The highest BCUT2D eigenvalue weighted by molar-refractivity contribution is 6.30. The lowest BCUT2D eigenvalue weighted by Gasteiger charge is -2.10. The fraction of sp³-hybridized carbons (Fsp3) is 0.0435. The minimum Gasteiger partial charge on any atom is -0.465 e. The SMILES string of the molecule is COC(=O)c1ccc(NC(=O)Nc2c(-c3ccc(Cl)cc3)[nH]c3ccccc23)cc1. The maximum atomic E-state index is 12.7. The summed E-state index contributed by atoms with van der Waals surface area (Å²) in [5, 5.41) is 7.24. The van der Waals surface area contributed by atoms with Crippen LogP contribution in [-0.2, 0) is 4.74 Å². The van der Waals surface area contributed by atoms with E-state index in [1.54, 1.807) is 36.4 Å². The maximum absolute atomic E-state index is 12.7. The van der Waals surface area contributed by atoms with Crippen LogP contribution in [0, 0.1) is 0 Å². The normalized spacial score (nSPS) is 10.6. The Kier molecular flexibility index (Phi) is 5.41. The molecule has 7 heteroatoms. The zero-order chi connectivity index (χ0) is 21.1. The molecule has 0 aliphatic rings. The third kappa shape index (κ3) is 3.99. The fourth-order valence-corrected chi connectivity index (χ4v) is 3.31. The van der Waals surface area contributed by atoms with Gasteiger partial charge in [0.05, 0.1) is 24.1 Å². The number of aromatic nitrogens is 1. The number of halogens is 1. The van der Waals surface area contributed by atoms with Crippen molar-refractivity contribution >= 4 is 45.9 Å². The summed E-state index contributed by atoms with van der Waals surface area (Å²) in [6.07, 6.45) is 0. The Labute approximate surface area is 177 Å². The van der Waals surface area contributed by atoms with Crippen LogP contribution in [0.25, 0.3) is 22.2 Å². The predicted molar refractivity (Wildman–Crippen MR) is 119 cm³/mol. The van der Waals surface area contributed by atoms with Crippen molar-refractivity contribution in [1.82, 2.24) is 4.98 Å². The second-order valence-corrected chi connectivity index (χ2v) is 7.01. The van der Waals surface area contributed by atoms with Gasteiger partial charge < -0.3 is 20.4 Å². The molecule has 3 aromatic carbocycles. The van der Waals surface area contributed by atoms with E-state index in [9.17, 15) is 9.59 Å². The lowest BCUT2D eigenvalue weighted by Crippen LogP contribution is -2.19. The molecule has 1 aromatic heterocycles. The molecule has 0 fully saturated rings. The minimum absolute atomic E-state index is 0.402. The molecular weight excluding hydrogens is 402 g/mol. The number of esters is 1. The van der Waals surface area contributed by atoms with E-state index in [1.807, 2.05) is 36.4 Å². The van der Waals surface area contributed by atoms with Gasteiger partial charge in [0.25, 0.3) is 0 Å². The molecule has 3 N–H and O–H groups in total. The molecule has 6 nitrogen and oxygen atoms in total. The molecule has 0 radical (unpaired) electrons. The Morgan fingerprint density at radius 3 is 2.30 bits per heavy atom. The zero-order valence-corrected chi connectivity index (χ0v) is 16.8. The first-order chi connectivity index (χ1) is 14.5. The Morgan fingerprint density at radius 1 is 0.900 bits per heavy atom. The van der Waals surface area contributed by atoms with Crippen molar-refractivity contribution < 1.29 is 14.3 Å². The molecule has 30 heavy (non-hydrogen) atoms. The summed E-state index contributed by atoms with van der Waals surface area (Å²) in [4.78, 5) is 27.6. The average Bonchev–Trinajstić information content (AvgIpc) is 3.12. The van der Waals surface area contributed by atoms with E-state index in [0.717, 1.165) is 22.2 Å². The molecule has 150 valence electrons. The van der Waals surface area contributed by atoms with Crippen molar-refractivity contribution in [3.63, 3.8) is 0 Å². The number of amides is 2. The summed E-state index contributed by atoms with van der Waals surface area (Å²) in [5.41, 5.74) is 4.20. The largest absolute Gasteiger partial charge is 0.465 e. The van der Waals surface area contributed by atoms with E-state index in [4.69, 9.17) is 11.6 Å². The van der Waals surface area contributed by atoms with Crippen LogP contribution in [0.4, 0.5) is 16.2 Å². The molecular formula is C23H18ClN3O3. The molecule has 1 heterocycles. The van der Waals surface area contributed by atoms with Crippen LogP contribution in [-0.4, -0.2) is 24.1 Å². The molecule has 4 rings (SSSR count). The van der Waals surface area contributed by atoms with Gasteiger partial charge in [0, 0.05) is 27.2 Å². The van der Waals surface area contributed by atoms with Crippen molar-refractivity contribution in [3.8, 4) is 11.3 Å². The number of H-pyrrole nitrogens is 1. The predicted octanol–water partition coefficient (Wildman–Crippen LogP) is 5.92. The minimum atomic E-state index is -0.433. The number of methoxy groups -OCH3 is 1. The molecule has 0 saturated carbocycles. The summed E-state index contributed by atoms with van der Waals surface area (Å²) < 4.78 is 4.68.